The smallest absolute Gasteiger partial charge is 0.258 e. The number of nitrogens with zero attached hydrogens (tertiary/aromatic N) is 1. The molecule has 2 rings (SSSR count). The van der Waals surface area contributed by atoms with Gasteiger partial charge in [-0.25, -0.2) is 4.90 Å². The summed E-state index contributed by atoms with van der Waals surface area (Å²) in [4.78, 5) is 24.2. The molecule has 4 nitrogen and oxygen atoms in total. The molecule has 0 bridgehead atoms. The lowest BCUT2D eigenvalue weighted by Crippen LogP contribution is -2.29. The average molecular weight is 310 g/mol. The molecule has 1 heterocycles. The van der Waals surface area contributed by atoms with Crippen molar-refractivity contribution in [1.82, 2.24) is 0 Å². The SMILES string of the molecule is CCCOc1ccc(N2C(=O)C=CC2=O)cc1Br. The van der Waals surface area contributed by atoms with Gasteiger partial charge in [0.1, 0.15) is 5.75 Å². The molecule has 0 saturated heterocycles. The predicted octanol–water partition coefficient (Wildman–Crippen LogP) is 2.67. The maximum atomic E-state index is 11.5. The zero-order chi connectivity index (χ0) is 13.1. The highest BCUT2D eigenvalue weighted by molar-refractivity contribution is 9.10. The quantitative estimate of drug-likeness (QED) is 0.803. The van der Waals surface area contributed by atoms with Crippen molar-refractivity contribution in [1.29, 1.82) is 0 Å². The standard InChI is InChI=1S/C13H12BrNO3/c1-2-7-18-11-4-3-9(8-10(11)14)15-12(16)5-6-13(15)17/h3-6,8H,2,7H2,1H3. The van der Waals surface area contributed by atoms with Crippen molar-refractivity contribution in [2.24, 2.45) is 0 Å². The van der Waals surface area contributed by atoms with Crippen LogP contribution in [-0.4, -0.2) is 18.4 Å². The van der Waals surface area contributed by atoms with Gasteiger partial charge in [-0.05, 0) is 40.5 Å². The van der Waals surface area contributed by atoms with E-state index in [0.29, 0.717) is 18.0 Å². The third kappa shape index (κ3) is 2.46. The molecule has 0 spiro atoms. The molecule has 0 N–H and O–H groups in total. The summed E-state index contributed by atoms with van der Waals surface area (Å²) in [5.74, 6) is 0.0518. The van der Waals surface area contributed by atoms with Crippen molar-refractivity contribution in [2.45, 2.75) is 13.3 Å². The molecule has 1 aromatic rings. The number of ether oxygens (including phenoxy) is 1. The number of carbonyl (C=O) groups is 2. The molecule has 94 valence electrons. The van der Waals surface area contributed by atoms with E-state index < -0.39 is 0 Å². The zero-order valence-electron chi connectivity index (χ0n) is 9.85. The largest absolute Gasteiger partial charge is 0.492 e. The molecule has 2 amide bonds. The van der Waals surface area contributed by atoms with Crippen molar-refractivity contribution in [2.75, 3.05) is 11.5 Å². The van der Waals surface area contributed by atoms with Crippen molar-refractivity contribution in [3.63, 3.8) is 0 Å². The van der Waals surface area contributed by atoms with Gasteiger partial charge < -0.3 is 4.74 Å². The summed E-state index contributed by atoms with van der Waals surface area (Å²) in [7, 11) is 0. The third-order valence-corrected chi connectivity index (χ3v) is 3.06. The summed E-state index contributed by atoms with van der Waals surface area (Å²) in [6.45, 7) is 2.65. The van der Waals surface area contributed by atoms with E-state index in [2.05, 4.69) is 15.9 Å². The number of hydrogen-bond donors (Lipinski definition) is 0. The van der Waals surface area contributed by atoms with E-state index in [0.717, 1.165) is 15.8 Å². The predicted molar refractivity (Wildman–Crippen MR) is 71.6 cm³/mol. The molecule has 0 atom stereocenters. The molecule has 0 saturated carbocycles. The number of carbonyl (C=O) groups excluding carboxylic acids is 2. The van der Waals surface area contributed by atoms with Gasteiger partial charge in [0.05, 0.1) is 16.8 Å². The van der Waals surface area contributed by atoms with Crippen LogP contribution in [0.15, 0.2) is 34.8 Å². The lowest BCUT2D eigenvalue weighted by molar-refractivity contribution is -0.119. The van der Waals surface area contributed by atoms with E-state index in [4.69, 9.17) is 4.74 Å². The topological polar surface area (TPSA) is 46.6 Å². The number of anilines is 1. The van der Waals surface area contributed by atoms with Crippen LogP contribution in [0.2, 0.25) is 0 Å². The molecule has 0 unspecified atom stereocenters. The van der Waals surface area contributed by atoms with Crippen molar-refractivity contribution < 1.29 is 14.3 Å². The van der Waals surface area contributed by atoms with Gasteiger partial charge in [0.2, 0.25) is 0 Å². The minimum absolute atomic E-state index is 0.325. The maximum Gasteiger partial charge on any atom is 0.258 e. The fourth-order valence-corrected chi connectivity index (χ4v) is 2.09. The first-order valence-electron chi connectivity index (χ1n) is 5.62. The highest BCUT2D eigenvalue weighted by Crippen LogP contribution is 2.31. The van der Waals surface area contributed by atoms with Crippen LogP contribution in [0.1, 0.15) is 13.3 Å². The second-order valence-corrected chi connectivity index (χ2v) is 4.66. The third-order valence-electron chi connectivity index (χ3n) is 2.44. The second kappa shape index (κ2) is 5.35. The fourth-order valence-electron chi connectivity index (χ4n) is 1.61. The summed E-state index contributed by atoms with van der Waals surface area (Å²) in [5.41, 5.74) is 0.533. The molecule has 18 heavy (non-hydrogen) atoms. The Morgan fingerprint density at radius 2 is 1.89 bits per heavy atom. The summed E-state index contributed by atoms with van der Waals surface area (Å²) < 4.78 is 6.23. The van der Waals surface area contributed by atoms with Crippen LogP contribution in [0.25, 0.3) is 0 Å². The van der Waals surface area contributed by atoms with E-state index in [-0.39, 0.29) is 11.8 Å². The molecule has 1 aromatic carbocycles. The molecular formula is C13H12BrNO3. The van der Waals surface area contributed by atoms with Gasteiger partial charge in [0.15, 0.2) is 0 Å². The van der Waals surface area contributed by atoms with Crippen LogP contribution in [0, 0.1) is 0 Å². The van der Waals surface area contributed by atoms with Gasteiger partial charge in [-0.15, -0.1) is 0 Å². The first kappa shape index (κ1) is 12.8. The zero-order valence-corrected chi connectivity index (χ0v) is 11.4. The van der Waals surface area contributed by atoms with E-state index in [1.807, 2.05) is 6.92 Å². The Morgan fingerprint density at radius 1 is 1.22 bits per heavy atom. The fraction of sp³-hybridized carbons (Fsp3) is 0.231. The first-order valence-corrected chi connectivity index (χ1v) is 6.41. The molecule has 5 heteroatoms. The number of imide groups is 1. The molecular weight excluding hydrogens is 298 g/mol. The van der Waals surface area contributed by atoms with Crippen molar-refractivity contribution in [3.05, 3.63) is 34.8 Å². The van der Waals surface area contributed by atoms with Crippen LogP contribution in [0.3, 0.4) is 0 Å². The molecule has 0 fully saturated rings. The molecule has 0 aliphatic carbocycles. The van der Waals surface area contributed by atoms with Gasteiger partial charge in [-0.2, -0.15) is 0 Å². The summed E-state index contributed by atoms with van der Waals surface area (Å²) in [6.07, 6.45) is 3.44. The Bertz CT molecular complexity index is 507. The number of rotatable bonds is 4. The van der Waals surface area contributed by atoms with E-state index in [9.17, 15) is 9.59 Å². The summed E-state index contributed by atoms with van der Waals surface area (Å²) >= 11 is 3.37. The minimum atomic E-state index is -0.325. The Morgan fingerprint density at radius 3 is 2.44 bits per heavy atom. The van der Waals surface area contributed by atoms with Gasteiger partial charge in [0.25, 0.3) is 11.8 Å². The van der Waals surface area contributed by atoms with Crippen LogP contribution >= 0.6 is 15.9 Å². The number of halogens is 1. The van der Waals surface area contributed by atoms with E-state index in [1.54, 1.807) is 18.2 Å². The molecule has 0 aromatic heterocycles. The molecule has 1 aliphatic rings. The Kier molecular flexibility index (Phi) is 3.81. The van der Waals surface area contributed by atoms with Crippen molar-refractivity contribution in [3.8, 4) is 5.75 Å². The Hall–Kier alpha value is -1.62. The summed E-state index contributed by atoms with van der Waals surface area (Å²) in [6, 6.07) is 5.14. The number of benzene rings is 1. The monoisotopic (exact) mass is 309 g/mol. The average Bonchev–Trinajstić information content (AvgIpc) is 2.68. The Balaban J connectivity index is 2.24. The van der Waals surface area contributed by atoms with Gasteiger partial charge >= 0.3 is 0 Å². The van der Waals surface area contributed by atoms with Gasteiger partial charge in [-0.3, -0.25) is 9.59 Å². The van der Waals surface area contributed by atoms with Crippen LogP contribution in [-0.2, 0) is 9.59 Å². The lowest BCUT2D eigenvalue weighted by atomic mass is 10.2. The number of hydrogen-bond acceptors (Lipinski definition) is 3. The Labute approximate surface area is 113 Å². The molecule has 0 radical (unpaired) electrons. The second-order valence-electron chi connectivity index (χ2n) is 3.81. The maximum absolute atomic E-state index is 11.5. The summed E-state index contributed by atoms with van der Waals surface area (Å²) in [5, 5.41) is 0. The first-order chi connectivity index (χ1) is 8.63. The van der Waals surface area contributed by atoms with Crippen LogP contribution < -0.4 is 9.64 Å². The highest BCUT2D eigenvalue weighted by atomic mass is 79.9. The molecule has 1 aliphatic heterocycles. The minimum Gasteiger partial charge on any atom is -0.492 e. The van der Waals surface area contributed by atoms with Gasteiger partial charge in [-0.1, -0.05) is 6.92 Å². The van der Waals surface area contributed by atoms with E-state index >= 15 is 0 Å². The van der Waals surface area contributed by atoms with Crippen LogP contribution in [0.4, 0.5) is 5.69 Å². The highest BCUT2D eigenvalue weighted by Gasteiger charge is 2.25. The van der Waals surface area contributed by atoms with Gasteiger partial charge in [0, 0.05) is 12.2 Å². The normalized spacial score (nSPS) is 14.4. The number of amides is 2. The van der Waals surface area contributed by atoms with E-state index in [1.165, 1.54) is 12.2 Å². The lowest BCUT2D eigenvalue weighted by Gasteiger charge is -2.15. The van der Waals surface area contributed by atoms with Crippen molar-refractivity contribution >= 4 is 33.4 Å². The van der Waals surface area contributed by atoms with Crippen LogP contribution in [0.5, 0.6) is 5.75 Å².